The number of carboxylic acids is 1. The molecule has 1 heterocycles. The molecule has 0 fully saturated rings. The predicted octanol–water partition coefficient (Wildman–Crippen LogP) is 2.76. The van der Waals surface area contributed by atoms with Gasteiger partial charge in [-0.25, -0.2) is 4.79 Å². The number of hydrogen-bond acceptors (Lipinski definition) is 2. The fraction of sp³-hybridized carbons (Fsp3) is 0.308. The molecule has 0 saturated heterocycles. The third kappa shape index (κ3) is 2.22. The van der Waals surface area contributed by atoms with Gasteiger partial charge in [-0.2, -0.15) is 0 Å². The third-order valence-corrected chi connectivity index (χ3v) is 3.67. The maximum absolute atomic E-state index is 11.1. The summed E-state index contributed by atoms with van der Waals surface area (Å²) in [6, 6.07) is 7.42. The molecule has 0 unspecified atom stereocenters. The highest BCUT2D eigenvalue weighted by Gasteiger charge is 2.25. The Labute approximate surface area is 109 Å². The molecule has 0 amide bonds. The van der Waals surface area contributed by atoms with Crippen LogP contribution in [0.3, 0.4) is 0 Å². The van der Waals surface area contributed by atoms with E-state index in [1.54, 1.807) is 6.92 Å². The monoisotopic (exact) mass is 295 g/mol. The zero-order valence-corrected chi connectivity index (χ0v) is 11.1. The molecule has 0 radical (unpaired) electrons. The van der Waals surface area contributed by atoms with E-state index in [-0.39, 0.29) is 0 Å². The Bertz CT molecular complexity index is 470. The summed E-state index contributed by atoms with van der Waals surface area (Å²) in [5.41, 5.74) is 3.33. The SMILES string of the molecule is C[C@@H](C(=O)O)N1CC=C(CBr)c2ccccc21. The number of halogens is 1. The molecule has 2 rings (SSSR count). The van der Waals surface area contributed by atoms with Gasteiger partial charge in [0.1, 0.15) is 6.04 Å². The molecular formula is C13H14BrNO2. The highest BCUT2D eigenvalue weighted by molar-refractivity contribution is 9.09. The normalized spacial score (nSPS) is 16.1. The number of aliphatic carboxylic acids is 1. The van der Waals surface area contributed by atoms with E-state index in [1.807, 2.05) is 29.2 Å². The van der Waals surface area contributed by atoms with Crippen molar-refractivity contribution in [2.24, 2.45) is 0 Å². The molecule has 90 valence electrons. The van der Waals surface area contributed by atoms with E-state index in [0.29, 0.717) is 6.54 Å². The fourth-order valence-electron chi connectivity index (χ4n) is 2.04. The average molecular weight is 296 g/mol. The topological polar surface area (TPSA) is 40.5 Å². The van der Waals surface area contributed by atoms with Crippen LogP contribution in [0.15, 0.2) is 30.3 Å². The van der Waals surface area contributed by atoms with Gasteiger partial charge in [-0.05, 0) is 18.6 Å². The Morgan fingerprint density at radius 2 is 2.24 bits per heavy atom. The molecule has 1 N–H and O–H groups in total. The molecule has 17 heavy (non-hydrogen) atoms. The van der Waals surface area contributed by atoms with Crippen LogP contribution >= 0.6 is 15.9 Å². The first-order chi connectivity index (χ1) is 8.15. The van der Waals surface area contributed by atoms with Gasteiger partial charge in [-0.1, -0.05) is 40.2 Å². The number of alkyl halides is 1. The van der Waals surface area contributed by atoms with Gasteiger partial charge in [0, 0.05) is 23.1 Å². The average Bonchev–Trinajstić information content (AvgIpc) is 2.36. The number of carboxylic acid groups (broad SMARTS) is 1. The van der Waals surface area contributed by atoms with E-state index in [9.17, 15) is 4.79 Å². The Hall–Kier alpha value is -1.29. The smallest absolute Gasteiger partial charge is 0.326 e. The van der Waals surface area contributed by atoms with Gasteiger partial charge in [0.05, 0.1) is 0 Å². The number of rotatable bonds is 3. The second kappa shape index (κ2) is 4.92. The number of para-hydroxylation sites is 1. The summed E-state index contributed by atoms with van der Waals surface area (Å²) in [5.74, 6) is -0.796. The van der Waals surface area contributed by atoms with E-state index < -0.39 is 12.0 Å². The van der Waals surface area contributed by atoms with Crippen LogP contribution in [0, 0.1) is 0 Å². The highest BCUT2D eigenvalue weighted by Crippen LogP contribution is 2.33. The van der Waals surface area contributed by atoms with Crippen LogP contribution in [-0.2, 0) is 4.79 Å². The van der Waals surface area contributed by atoms with E-state index in [4.69, 9.17) is 5.11 Å². The quantitative estimate of drug-likeness (QED) is 0.872. The fourth-order valence-corrected chi connectivity index (χ4v) is 2.57. The van der Waals surface area contributed by atoms with Crippen molar-refractivity contribution in [3.8, 4) is 0 Å². The predicted molar refractivity (Wildman–Crippen MR) is 72.7 cm³/mol. The van der Waals surface area contributed by atoms with Gasteiger partial charge in [-0.15, -0.1) is 0 Å². The maximum Gasteiger partial charge on any atom is 0.326 e. The second-order valence-electron chi connectivity index (χ2n) is 4.05. The summed E-state index contributed by atoms with van der Waals surface area (Å²) in [6.45, 7) is 2.36. The lowest BCUT2D eigenvalue weighted by Crippen LogP contribution is -2.41. The molecule has 0 aliphatic carbocycles. The van der Waals surface area contributed by atoms with Crippen molar-refractivity contribution in [3.05, 3.63) is 35.9 Å². The summed E-state index contributed by atoms with van der Waals surface area (Å²) < 4.78 is 0. The Kier molecular flexibility index (Phi) is 3.52. The summed E-state index contributed by atoms with van der Waals surface area (Å²) in [7, 11) is 0. The summed E-state index contributed by atoms with van der Waals surface area (Å²) in [6.07, 6.45) is 2.08. The van der Waals surface area contributed by atoms with Crippen LogP contribution in [0.4, 0.5) is 5.69 Å². The molecule has 1 aromatic carbocycles. The molecule has 0 aromatic heterocycles. The van der Waals surface area contributed by atoms with Gasteiger partial charge >= 0.3 is 5.97 Å². The Morgan fingerprint density at radius 1 is 1.53 bits per heavy atom. The number of benzene rings is 1. The summed E-state index contributed by atoms with van der Waals surface area (Å²) >= 11 is 3.46. The molecule has 0 spiro atoms. The van der Waals surface area contributed by atoms with Crippen molar-refractivity contribution in [3.63, 3.8) is 0 Å². The second-order valence-corrected chi connectivity index (χ2v) is 4.61. The van der Waals surface area contributed by atoms with Crippen LogP contribution < -0.4 is 4.90 Å². The molecule has 0 saturated carbocycles. The van der Waals surface area contributed by atoms with Crippen molar-refractivity contribution in [1.29, 1.82) is 0 Å². The molecule has 4 heteroatoms. The minimum atomic E-state index is -0.796. The van der Waals surface area contributed by atoms with Crippen LogP contribution in [0.25, 0.3) is 5.57 Å². The van der Waals surface area contributed by atoms with Gasteiger partial charge in [-0.3, -0.25) is 0 Å². The van der Waals surface area contributed by atoms with E-state index >= 15 is 0 Å². The Morgan fingerprint density at radius 3 is 2.88 bits per heavy atom. The van der Waals surface area contributed by atoms with E-state index in [2.05, 4.69) is 22.0 Å². The van der Waals surface area contributed by atoms with E-state index in [1.165, 1.54) is 5.57 Å². The van der Waals surface area contributed by atoms with Crippen molar-refractivity contribution in [2.75, 3.05) is 16.8 Å². The molecule has 1 aliphatic heterocycles. The third-order valence-electron chi connectivity index (χ3n) is 3.06. The first kappa shape index (κ1) is 12.2. The number of allylic oxidation sites excluding steroid dienone is 1. The van der Waals surface area contributed by atoms with Gasteiger partial charge in [0.25, 0.3) is 0 Å². The number of anilines is 1. The standard InChI is InChI=1S/C13H14BrNO2/c1-9(13(16)17)15-7-6-10(8-14)11-4-2-3-5-12(11)15/h2-6,9H,7-8H2,1H3,(H,16,17)/t9-/m0/s1. The summed E-state index contributed by atoms with van der Waals surface area (Å²) in [5, 5.41) is 9.90. The minimum Gasteiger partial charge on any atom is -0.480 e. The van der Waals surface area contributed by atoms with Gasteiger partial charge < -0.3 is 10.0 Å². The van der Waals surface area contributed by atoms with E-state index in [0.717, 1.165) is 16.6 Å². The lowest BCUT2D eigenvalue weighted by Gasteiger charge is -2.33. The van der Waals surface area contributed by atoms with Crippen LogP contribution in [0.2, 0.25) is 0 Å². The van der Waals surface area contributed by atoms with Crippen molar-refractivity contribution in [2.45, 2.75) is 13.0 Å². The molecule has 1 aliphatic rings. The molecule has 1 atom stereocenters. The number of carbonyl (C=O) groups is 1. The van der Waals surface area contributed by atoms with Crippen LogP contribution in [-0.4, -0.2) is 29.0 Å². The Balaban J connectivity index is 2.43. The highest BCUT2D eigenvalue weighted by atomic mass is 79.9. The van der Waals surface area contributed by atoms with Crippen LogP contribution in [0.1, 0.15) is 12.5 Å². The number of fused-ring (bicyclic) bond motifs is 1. The van der Waals surface area contributed by atoms with Crippen LogP contribution in [0.5, 0.6) is 0 Å². The molecule has 3 nitrogen and oxygen atoms in total. The molecular weight excluding hydrogens is 282 g/mol. The first-order valence-electron chi connectivity index (χ1n) is 5.49. The van der Waals surface area contributed by atoms with Crippen molar-refractivity contribution in [1.82, 2.24) is 0 Å². The molecule has 0 bridgehead atoms. The van der Waals surface area contributed by atoms with Crippen molar-refractivity contribution >= 4 is 33.2 Å². The number of hydrogen-bond donors (Lipinski definition) is 1. The number of nitrogens with zero attached hydrogens (tertiary/aromatic N) is 1. The molecule has 1 aromatic rings. The lowest BCUT2D eigenvalue weighted by molar-refractivity contribution is -0.138. The largest absolute Gasteiger partial charge is 0.480 e. The lowest BCUT2D eigenvalue weighted by atomic mass is 9.99. The van der Waals surface area contributed by atoms with Crippen molar-refractivity contribution < 1.29 is 9.90 Å². The minimum absolute atomic E-state index is 0.510. The van der Waals surface area contributed by atoms with Gasteiger partial charge in [0.2, 0.25) is 0 Å². The summed E-state index contributed by atoms with van der Waals surface area (Å²) in [4.78, 5) is 13.0. The first-order valence-corrected chi connectivity index (χ1v) is 6.61. The zero-order chi connectivity index (χ0) is 12.4. The zero-order valence-electron chi connectivity index (χ0n) is 9.56. The van der Waals surface area contributed by atoms with Gasteiger partial charge in [0.15, 0.2) is 0 Å². The maximum atomic E-state index is 11.1.